The molecule has 0 aliphatic rings. The van der Waals surface area contributed by atoms with Crippen LogP contribution in [0.4, 0.5) is 5.69 Å². The van der Waals surface area contributed by atoms with Gasteiger partial charge in [0.2, 0.25) is 5.91 Å². The standard InChI is InChI=1S/C19H19N3O3S/c1-24-15-6-7-17(25-2)16(10-15)22-18(23)8-5-14-12-26-19(21-14)13-4-3-9-20-11-13/h3-4,6-7,9-12H,5,8H2,1-2H3,(H,22,23). The number of rotatable bonds is 7. The summed E-state index contributed by atoms with van der Waals surface area (Å²) >= 11 is 1.55. The number of aromatic nitrogens is 2. The lowest BCUT2D eigenvalue weighted by atomic mass is 10.2. The van der Waals surface area contributed by atoms with Crippen molar-refractivity contribution in [3.8, 4) is 22.1 Å². The predicted octanol–water partition coefficient (Wildman–Crippen LogP) is 3.79. The Morgan fingerprint density at radius 3 is 2.85 bits per heavy atom. The number of thiazole rings is 1. The van der Waals surface area contributed by atoms with E-state index in [1.807, 2.05) is 17.5 Å². The molecule has 3 aromatic rings. The fourth-order valence-corrected chi connectivity index (χ4v) is 3.25. The lowest BCUT2D eigenvalue weighted by Gasteiger charge is -2.11. The van der Waals surface area contributed by atoms with Crippen LogP contribution in [-0.2, 0) is 11.2 Å². The molecule has 6 nitrogen and oxygen atoms in total. The molecule has 26 heavy (non-hydrogen) atoms. The Bertz CT molecular complexity index is 881. The summed E-state index contributed by atoms with van der Waals surface area (Å²) in [5, 5.41) is 5.75. The highest BCUT2D eigenvalue weighted by Gasteiger charge is 2.11. The SMILES string of the molecule is COc1ccc(OC)c(NC(=O)CCc2csc(-c3cccnc3)n2)c1. The zero-order valence-corrected chi connectivity index (χ0v) is 15.4. The van der Waals surface area contributed by atoms with Crippen molar-refractivity contribution in [3.05, 3.63) is 53.8 Å². The largest absolute Gasteiger partial charge is 0.497 e. The van der Waals surface area contributed by atoms with Gasteiger partial charge in [0, 0.05) is 35.8 Å². The van der Waals surface area contributed by atoms with Crippen LogP contribution < -0.4 is 14.8 Å². The number of nitrogens with one attached hydrogen (secondary N) is 1. The molecule has 0 spiro atoms. The van der Waals surface area contributed by atoms with E-state index in [1.54, 1.807) is 56.1 Å². The number of hydrogen-bond acceptors (Lipinski definition) is 6. The van der Waals surface area contributed by atoms with Crippen molar-refractivity contribution < 1.29 is 14.3 Å². The molecular weight excluding hydrogens is 350 g/mol. The van der Waals surface area contributed by atoms with Gasteiger partial charge < -0.3 is 14.8 Å². The number of benzene rings is 1. The number of methoxy groups -OCH3 is 2. The van der Waals surface area contributed by atoms with Gasteiger partial charge in [0.15, 0.2) is 0 Å². The van der Waals surface area contributed by atoms with Crippen LogP contribution in [0.2, 0.25) is 0 Å². The van der Waals surface area contributed by atoms with Crippen molar-refractivity contribution in [2.45, 2.75) is 12.8 Å². The molecule has 0 atom stereocenters. The number of aryl methyl sites for hydroxylation is 1. The molecule has 0 fully saturated rings. The molecule has 134 valence electrons. The minimum absolute atomic E-state index is 0.104. The zero-order chi connectivity index (χ0) is 18.4. The number of pyridine rings is 1. The van der Waals surface area contributed by atoms with E-state index in [2.05, 4.69) is 15.3 Å². The second kappa shape index (κ2) is 8.44. The molecule has 2 aromatic heterocycles. The molecule has 1 amide bonds. The number of amides is 1. The monoisotopic (exact) mass is 369 g/mol. The summed E-state index contributed by atoms with van der Waals surface area (Å²) < 4.78 is 10.5. The molecular formula is C19H19N3O3S. The molecule has 0 unspecified atom stereocenters. The molecule has 0 saturated carbocycles. The third-order valence-corrected chi connectivity index (χ3v) is 4.69. The predicted molar refractivity (Wildman–Crippen MR) is 102 cm³/mol. The number of anilines is 1. The number of ether oxygens (including phenoxy) is 2. The first-order valence-electron chi connectivity index (χ1n) is 8.06. The summed E-state index contributed by atoms with van der Waals surface area (Å²) in [4.78, 5) is 21.0. The third-order valence-electron chi connectivity index (χ3n) is 3.75. The molecule has 0 bridgehead atoms. The van der Waals surface area contributed by atoms with E-state index in [-0.39, 0.29) is 5.91 Å². The van der Waals surface area contributed by atoms with Crippen LogP contribution in [0.25, 0.3) is 10.6 Å². The summed E-state index contributed by atoms with van der Waals surface area (Å²) in [7, 11) is 3.14. The Morgan fingerprint density at radius 2 is 2.12 bits per heavy atom. The first-order chi connectivity index (χ1) is 12.7. The maximum Gasteiger partial charge on any atom is 0.224 e. The van der Waals surface area contributed by atoms with Gasteiger partial charge in [0.05, 0.1) is 25.6 Å². The molecule has 0 saturated heterocycles. The second-order valence-electron chi connectivity index (χ2n) is 5.50. The second-order valence-corrected chi connectivity index (χ2v) is 6.36. The van der Waals surface area contributed by atoms with Crippen molar-refractivity contribution in [2.24, 2.45) is 0 Å². The highest BCUT2D eigenvalue weighted by molar-refractivity contribution is 7.13. The van der Waals surface area contributed by atoms with Gasteiger partial charge in [-0.3, -0.25) is 9.78 Å². The van der Waals surface area contributed by atoms with E-state index in [1.165, 1.54) is 0 Å². The first-order valence-corrected chi connectivity index (χ1v) is 8.94. The van der Waals surface area contributed by atoms with Crippen LogP contribution in [-0.4, -0.2) is 30.1 Å². The van der Waals surface area contributed by atoms with Gasteiger partial charge in [-0.1, -0.05) is 0 Å². The number of nitrogens with zero attached hydrogens (tertiary/aromatic N) is 2. The Hall–Kier alpha value is -2.93. The van der Waals surface area contributed by atoms with Gasteiger partial charge in [0.25, 0.3) is 0 Å². The summed E-state index contributed by atoms with van der Waals surface area (Å²) in [6.07, 6.45) is 4.41. The average Bonchev–Trinajstić information content (AvgIpc) is 3.16. The topological polar surface area (TPSA) is 73.3 Å². The fourth-order valence-electron chi connectivity index (χ4n) is 2.41. The Kier molecular flexibility index (Phi) is 5.80. The van der Waals surface area contributed by atoms with Crippen LogP contribution in [0.5, 0.6) is 11.5 Å². The minimum atomic E-state index is -0.104. The van der Waals surface area contributed by atoms with Crippen molar-refractivity contribution in [1.29, 1.82) is 0 Å². The van der Waals surface area contributed by atoms with Gasteiger partial charge >= 0.3 is 0 Å². The Labute approximate surface area is 155 Å². The van der Waals surface area contributed by atoms with Crippen LogP contribution in [0, 0.1) is 0 Å². The van der Waals surface area contributed by atoms with Gasteiger partial charge in [-0.05, 0) is 30.7 Å². The molecule has 0 radical (unpaired) electrons. The highest BCUT2D eigenvalue weighted by Crippen LogP contribution is 2.29. The smallest absolute Gasteiger partial charge is 0.224 e. The van der Waals surface area contributed by atoms with Gasteiger partial charge in [-0.25, -0.2) is 4.98 Å². The summed E-state index contributed by atoms with van der Waals surface area (Å²) in [5.41, 5.74) is 2.46. The number of carbonyl (C=O) groups excluding carboxylic acids is 1. The van der Waals surface area contributed by atoms with Crippen molar-refractivity contribution in [3.63, 3.8) is 0 Å². The molecule has 0 aliphatic carbocycles. The van der Waals surface area contributed by atoms with Crippen molar-refractivity contribution in [2.75, 3.05) is 19.5 Å². The third kappa shape index (κ3) is 4.37. The highest BCUT2D eigenvalue weighted by atomic mass is 32.1. The van der Waals surface area contributed by atoms with Crippen molar-refractivity contribution >= 4 is 22.9 Å². The van der Waals surface area contributed by atoms with E-state index < -0.39 is 0 Å². The summed E-state index contributed by atoms with van der Waals surface area (Å²) in [6.45, 7) is 0. The van der Waals surface area contributed by atoms with Crippen LogP contribution in [0.1, 0.15) is 12.1 Å². The molecule has 7 heteroatoms. The van der Waals surface area contributed by atoms with E-state index in [9.17, 15) is 4.79 Å². The lowest BCUT2D eigenvalue weighted by Crippen LogP contribution is -2.13. The van der Waals surface area contributed by atoms with Gasteiger partial charge in [0.1, 0.15) is 16.5 Å². The van der Waals surface area contributed by atoms with Gasteiger partial charge in [-0.2, -0.15) is 0 Å². The molecule has 3 rings (SSSR count). The molecule has 2 heterocycles. The number of hydrogen-bond donors (Lipinski definition) is 1. The molecule has 0 aliphatic heterocycles. The van der Waals surface area contributed by atoms with E-state index in [0.717, 1.165) is 16.3 Å². The molecule has 1 N–H and O–H groups in total. The zero-order valence-electron chi connectivity index (χ0n) is 14.6. The van der Waals surface area contributed by atoms with Gasteiger partial charge in [-0.15, -0.1) is 11.3 Å². The first kappa shape index (κ1) is 17.9. The lowest BCUT2D eigenvalue weighted by molar-refractivity contribution is -0.116. The van der Waals surface area contributed by atoms with Crippen LogP contribution in [0.15, 0.2) is 48.1 Å². The summed E-state index contributed by atoms with van der Waals surface area (Å²) in [6, 6.07) is 9.13. The maximum atomic E-state index is 12.3. The fraction of sp³-hybridized carbons (Fsp3) is 0.211. The summed E-state index contributed by atoms with van der Waals surface area (Å²) in [5.74, 6) is 1.14. The van der Waals surface area contributed by atoms with E-state index in [4.69, 9.17) is 9.47 Å². The van der Waals surface area contributed by atoms with E-state index >= 15 is 0 Å². The van der Waals surface area contributed by atoms with Crippen molar-refractivity contribution in [1.82, 2.24) is 9.97 Å². The number of carbonyl (C=O) groups is 1. The Morgan fingerprint density at radius 1 is 1.23 bits per heavy atom. The van der Waals surface area contributed by atoms with Crippen LogP contribution >= 0.6 is 11.3 Å². The minimum Gasteiger partial charge on any atom is -0.497 e. The average molecular weight is 369 g/mol. The van der Waals surface area contributed by atoms with E-state index in [0.29, 0.717) is 30.0 Å². The molecule has 1 aromatic carbocycles. The normalized spacial score (nSPS) is 10.4. The Balaban J connectivity index is 1.61. The maximum absolute atomic E-state index is 12.3. The van der Waals surface area contributed by atoms with Crippen LogP contribution in [0.3, 0.4) is 0 Å². The quantitative estimate of drug-likeness (QED) is 0.686.